The smallest absolute Gasteiger partial charge is 0.308 e. The van der Waals surface area contributed by atoms with Crippen LogP contribution < -0.4 is 0 Å². The Hall–Kier alpha value is -0.530. The van der Waals surface area contributed by atoms with E-state index in [1.165, 1.54) is 83.5 Å². The van der Waals surface area contributed by atoms with Gasteiger partial charge in [0.1, 0.15) is 0 Å². The molecule has 0 aliphatic heterocycles. The lowest BCUT2D eigenvalue weighted by molar-refractivity contribution is -0.148. The number of hydrogen-bond acceptors (Lipinski definition) is 2. The second-order valence-corrected chi connectivity index (χ2v) is 7.07. The van der Waals surface area contributed by atoms with Gasteiger partial charge in [-0.05, 0) is 12.8 Å². The first-order chi connectivity index (χ1) is 11.2. The highest BCUT2D eigenvalue weighted by Gasteiger charge is 2.10. The van der Waals surface area contributed by atoms with Gasteiger partial charge in [-0.3, -0.25) is 4.79 Å². The zero-order valence-electron chi connectivity index (χ0n) is 16.2. The fourth-order valence-electron chi connectivity index (χ4n) is 2.78. The third kappa shape index (κ3) is 16.1. The molecule has 0 rings (SSSR count). The minimum atomic E-state index is -0.0257. The van der Waals surface area contributed by atoms with E-state index in [9.17, 15) is 4.79 Å². The molecular weight excluding hydrogens is 284 g/mol. The van der Waals surface area contributed by atoms with Crippen LogP contribution in [0, 0.1) is 5.92 Å². The number of hydrogen-bond donors (Lipinski definition) is 0. The standard InChI is InChI=1S/C21H42O2/c1-4-6-7-8-9-10-11-12-13-14-15-16-17-18-19-23-21(22)20(3)5-2/h20H,4-19H2,1-3H3/t20-/m0/s1. The maximum atomic E-state index is 11.5. The number of carbonyl (C=O) groups excluding carboxylic acids is 1. The summed E-state index contributed by atoms with van der Waals surface area (Å²) in [5.74, 6) is 0.0313. The highest BCUT2D eigenvalue weighted by molar-refractivity contribution is 5.71. The van der Waals surface area contributed by atoms with Crippen molar-refractivity contribution in [2.45, 2.75) is 117 Å². The third-order valence-electron chi connectivity index (χ3n) is 4.76. The van der Waals surface area contributed by atoms with Crippen LogP contribution in [0.2, 0.25) is 0 Å². The van der Waals surface area contributed by atoms with E-state index < -0.39 is 0 Å². The predicted molar refractivity (Wildman–Crippen MR) is 101 cm³/mol. The molecule has 0 aromatic carbocycles. The van der Waals surface area contributed by atoms with Crippen LogP contribution in [0.25, 0.3) is 0 Å². The minimum Gasteiger partial charge on any atom is -0.465 e. The highest BCUT2D eigenvalue weighted by Crippen LogP contribution is 2.13. The fourth-order valence-corrected chi connectivity index (χ4v) is 2.78. The van der Waals surface area contributed by atoms with E-state index in [0.29, 0.717) is 6.61 Å². The molecule has 0 aromatic heterocycles. The van der Waals surface area contributed by atoms with Crippen LogP contribution in [0.4, 0.5) is 0 Å². The molecule has 0 unspecified atom stereocenters. The first-order valence-corrected chi connectivity index (χ1v) is 10.4. The number of carbonyl (C=O) groups is 1. The summed E-state index contributed by atoms with van der Waals surface area (Å²) >= 11 is 0. The average molecular weight is 327 g/mol. The monoisotopic (exact) mass is 326 g/mol. The Morgan fingerprint density at radius 2 is 1.09 bits per heavy atom. The van der Waals surface area contributed by atoms with E-state index in [2.05, 4.69) is 6.92 Å². The van der Waals surface area contributed by atoms with Crippen LogP contribution >= 0.6 is 0 Å². The van der Waals surface area contributed by atoms with Gasteiger partial charge in [0.25, 0.3) is 0 Å². The van der Waals surface area contributed by atoms with Crippen molar-refractivity contribution >= 4 is 5.97 Å². The molecule has 0 aliphatic rings. The minimum absolute atomic E-state index is 0.0257. The number of unbranched alkanes of at least 4 members (excludes halogenated alkanes) is 13. The van der Waals surface area contributed by atoms with Crippen LogP contribution in [-0.2, 0) is 9.53 Å². The Labute approximate surface area is 145 Å². The van der Waals surface area contributed by atoms with Gasteiger partial charge < -0.3 is 4.74 Å². The molecule has 0 heterocycles. The van der Waals surface area contributed by atoms with Crippen molar-refractivity contribution in [2.24, 2.45) is 5.92 Å². The summed E-state index contributed by atoms with van der Waals surface area (Å²) in [6.45, 7) is 6.85. The molecule has 0 fully saturated rings. The lowest BCUT2D eigenvalue weighted by Crippen LogP contribution is -2.14. The van der Waals surface area contributed by atoms with E-state index in [1.807, 2.05) is 13.8 Å². The van der Waals surface area contributed by atoms with Gasteiger partial charge in [0.05, 0.1) is 12.5 Å². The van der Waals surface area contributed by atoms with E-state index in [0.717, 1.165) is 12.8 Å². The first-order valence-electron chi connectivity index (χ1n) is 10.4. The van der Waals surface area contributed by atoms with Crippen molar-refractivity contribution in [1.82, 2.24) is 0 Å². The summed E-state index contributed by atoms with van der Waals surface area (Å²) < 4.78 is 5.26. The van der Waals surface area contributed by atoms with E-state index >= 15 is 0 Å². The van der Waals surface area contributed by atoms with Crippen molar-refractivity contribution < 1.29 is 9.53 Å². The number of esters is 1. The third-order valence-corrected chi connectivity index (χ3v) is 4.76. The van der Waals surface area contributed by atoms with Crippen LogP contribution in [-0.4, -0.2) is 12.6 Å². The maximum absolute atomic E-state index is 11.5. The summed E-state index contributed by atoms with van der Waals surface area (Å²) in [4.78, 5) is 11.5. The van der Waals surface area contributed by atoms with Gasteiger partial charge >= 0.3 is 5.97 Å². The normalized spacial score (nSPS) is 12.3. The van der Waals surface area contributed by atoms with Gasteiger partial charge in [0, 0.05) is 0 Å². The molecule has 0 amide bonds. The lowest BCUT2D eigenvalue weighted by atomic mass is 10.0. The van der Waals surface area contributed by atoms with Gasteiger partial charge in [-0.15, -0.1) is 0 Å². The number of ether oxygens (including phenoxy) is 1. The quantitative estimate of drug-likeness (QED) is 0.211. The molecule has 1 atom stereocenters. The fraction of sp³-hybridized carbons (Fsp3) is 0.952. The molecule has 0 aliphatic carbocycles. The van der Waals surface area contributed by atoms with Gasteiger partial charge in [0.15, 0.2) is 0 Å². The van der Waals surface area contributed by atoms with Crippen LogP contribution in [0.3, 0.4) is 0 Å². The van der Waals surface area contributed by atoms with Gasteiger partial charge in [-0.1, -0.05) is 104 Å². The van der Waals surface area contributed by atoms with Crippen molar-refractivity contribution in [2.75, 3.05) is 6.61 Å². The van der Waals surface area contributed by atoms with Gasteiger partial charge in [0.2, 0.25) is 0 Å². The van der Waals surface area contributed by atoms with Crippen molar-refractivity contribution in [3.8, 4) is 0 Å². The second kappa shape index (κ2) is 17.8. The molecule has 0 radical (unpaired) electrons. The molecule has 0 N–H and O–H groups in total. The SMILES string of the molecule is CCCCCCCCCCCCCCCCOC(=O)[C@@H](C)CC. The second-order valence-electron chi connectivity index (χ2n) is 7.07. The Morgan fingerprint density at radius 1 is 0.696 bits per heavy atom. The summed E-state index contributed by atoms with van der Waals surface area (Å²) in [5, 5.41) is 0. The molecular formula is C21H42O2. The summed E-state index contributed by atoms with van der Waals surface area (Å²) in [6.07, 6.45) is 19.9. The summed E-state index contributed by atoms with van der Waals surface area (Å²) in [7, 11) is 0. The Balaban J connectivity index is 3.09. The van der Waals surface area contributed by atoms with Gasteiger partial charge in [-0.25, -0.2) is 0 Å². The molecule has 0 aromatic rings. The van der Waals surface area contributed by atoms with Crippen LogP contribution in [0.15, 0.2) is 0 Å². The van der Waals surface area contributed by atoms with Crippen LogP contribution in [0.1, 0.15) is 117 Å². The summed E-state index contributed by atoms with van der Waals surface area (Å²) in [5.41, 5.74) is 0. The first kappa shape index (κ1) is 22.5. The molecule has 0 saturated heterocycles. The molecule has 138 valence electrons. The van der Waals surface area contributed by atoms with Crippen LogP contribution in [0.5, 0.6) is 0 Å². The van der Waals surface area contributed by atoms with E-state index in [1.54, 1.807) is 0 Å². The Morgan fingerprint density at radius 3 is 1.48 bits per heavy atom. The zero-order valence-corrected chi connectivity index (χ0v) is 16.2. The van der Waals surface area contributed by atoms with E-state index in [4.69, 9.17) is 4.74 Å². The maximum Gasteiger partial charge on any atom is 0.308 e. The van der Waals surface area contributed by atoms with Crippen molar-refractivity contribution in [1.29, 1.82) is 0 Å². The molecule has 2 nitrogen and oxygen atoms in total. The predicted octanol–water partition coefficient (Wildman–Crippen LogP) is 7.06. The molecule has 0 spiro atoms. The lowest BCUT2D eigenvalue weighted by Gasteiger charge is -2.08. The largest absolute Gasteiger partial charge is 0.465 e. The molecule has 23 heavy (non-hydrogen) atoms. The molecule has 0 saturated carbocycles. The van der Waals surface area contributed by atoms with Crippen molar-refractivity contribution in [3.63, 3.8) is 0 Å². The van der Waals surface area contributed by atoms with Crippen molar-refractivity contribution in [3.05, 3.63) is 0 Å². The molecule has 2 heteroatoms. The zero-order chi connectivity index (χ0) is 17.2. The summed E-state index contributed by atoms with van der Waals surface area (Å²) in [6, 6.07) is 0. The Kier molecular flexibility index (Phi) is 17.4. The highest BCUT2D eigenvalue weighted by atomic mass is 16.5. The average Bonchev–Trinajstić information content (AvgIpc) is 2.57. The number of rotatable bonds is 17. The van der Waals surface area contributed by atoms with Gasteiger partial charge in [-0.2, -0.15) is 0 Å². The Bertz CT molecular complexity index is 250. The van der Waals surface area contributed by atoms with E-state index in [-0.39, 0.29) is 11.9 Å². The topological polar surface area (TPSA) is 26.3 Å². The molecule has 0 bridgehead atoms.